The van der Waals surface area contributed by atoms with Gasteiger partial charge < -0.3 is 4.90 Å². The summed E-state index contributed by atoms with van der Waals surface area (Å²) in [5.41, 5.74) is 5.89. The SMILES string of the molecule is CCCC(C)(C)c1ccc2c(c1)Sc1cc(C(C)(C)C)ccc1N2C. The van der Waals surface area contributed by atoms with Gasteiger partial charge in [0.15, 0.2) is 0 Å². The van der Waals surface area contributed by atoms with Gasteiger partial charge in [0.25, 0.3) is 0 Å². The third-order valence-electron chi connectivity index (χ3n) is 5.38. The first-order chi connectivity index (χ1) is 11.6. The average molecular weight is 354 g/mol. The molecule has 1 aliphatic heterocycles. The summed E-state index contributed by atoms with van der Waals surface area (Å²) < 4.78 is 0. The number of hydrogen-bond donors (Lipinski definition) is 0. The Bertz CT molecular complexity index is 783. The number of anilines is 2. The minimum Gasteiger partial charge on any atom is -0.343 e. The largest absolute Gasteiger partial charge is 0.343 e. The van der Waals surface area contributed by atoms with Gasteiger partial charge in [-0.25, -0.2) is 0 Å². The van der Waals surface area contributed by atoms with E-state index >= 15 is 0 Å². The zero-order valence-corrected chi connectivity index (χ0v) is 17.6. The van der Waals surface area contributed by atoms with Crippen LogP contribution in [0.2, 0.25) is 0 Å². The van der Waals surface area contributed by atoms with E-state index in [4.69, 9.17) is 0 Å². The summed E-state index contributed by atoms with van der Waals surface area (Å²) in [5, 5.41) is 0. The second-order valence-electron chi connectivity index (χ2n) is 8.91. The van der Waals surface area contributed by atoms with Crippen molar-refractivity contribution >= 4 is 23.1 Å². The molecule has 3 rings (SSSR count). The lowest BCUT2D eigenvalue weighted by Crippen LogP contribution is -2.19. The first kappa shape index (κ1) is 18.4. The van der Waals surface area contributed by atoms with Gasteiger partial charge in [-0.1, -0.05) is 71.9 Å². The second-order valence-corrected chi connectivity index (χ2v) is 9.99. The molecule has 1 aliphatic rings. The van der Waals surface area contributed by atoms with Crippen molar-refractivity contribution in [1.82, 2.24) is 0 Å². The van der Waals surface area contributed by atoms with E-state index in [9.17, 15) is 0 Å². The third-order valence-corrected chi connectivity index (χ3v) is 6.48. The predicted octanol–water partition coefficient (Wildman–Crippen LogP) is 7.29. The molecule has 0 fully saturated rings. The van der Waals surface area contributed by atoms with Crippen molar-refractivity contribution < 1.29 is 0 Å². The van der Waals surface area contributed by atoms with Crippen molar-refractivity contribution in [3.05, 3.63) is 47.5 Å². The Hall–Kier alpha value is -1.41. The van der Waals surface area contributed by atoms with Crippen LogP contribution in [0.1, 0.15) is 65.5 Å². The van der Waals surface area contributed by atoms with Gasteiger partial charge in [0.2, 0.25) is 0 Å². The van der Waals surface area contributed by atoms with E-state index in [0.717, 1.165) is 0 Å². The topological polar surface area (TPSA) is 3.24 Å². The molecule has 0 radical (unpaired) electrons. The highest BCUT2D eigenvalue weighted by molar-refractivity contribution is 7.99. The summed E-state index contributed by atoms with van der Waals surface area (Å²) in [6, 6.07) is 14.0. The average Bonchev–Trinajstić information content (AvgIpc) is 2.53. The van der Waals surface area contributed by atoms with E-state index < -0.39 is 0 Å². The Kier molecular flexibility index (Phi) is 4.70. The molecule has 0 N–H and O–H groups in total. The van der Waals surface area contributed by atoms with E-state index in [-0.39, 0.29) is 10.8 Å². The van der Waals surface area contributed by atoms with Gasteiger partial charge in [0.1, 0.15) is 0 Å². The third kappa shape index (κ3) is 3.46. The van der Waals surface area contributed by atoms with Gasteiger partial charge in [-0.15, -0.1) is 0 Å². The van der Waals surface area contributed by atoms with Crippen LogP contribution in [-0.4, -0.2) is 7.05 Å². The molecule has 0 unspecified atom stereocenters. The van der Waals surface area contributed by atoms with Gasteiger partial charge in [-0.3, -0.25) is 0 Å². The van der Waals surface area contributed by atoms with Gasteiger partial charge in [0.05, 0.1) is 11.4 Å². The molecule has 0 aliphatic carbocycles. The van der Waals surface area contributed by atoms with Gasteiger partial charge in [0, 0.05) is 16.8 Å². The first-order valence-corrected chi connectivity index (χ1v) is 10.2. The molecule has 0 bridgehead atoms. The van der Waals surface area contributed by atoms with Crippen LogP contribution in [0.3, 0.4) is 0 Å². The van der Waals surface area contributed by atoms with Crippen LogP contribution >= 0.6 is 11.8 Å². The summed E-state index contributed by atoms with van der Waals surface area (Å²) in [7, 11) is 2.19. The van der Waals surface area contributed by atoms with E-state index in [2.05, 4.69) is 89.9 Å². The van der Waals surface area contributed by atoms with Gasteiger partial charge in [-0.05, 0) is 52.6 Å². The summed E-state index contributed by atoms with van der Waals surface area (Å²) in [6.07, 6.45) is 2.44. The van der Waals surface area contributed by atoms with Gasteiger partial charge >= 0.3 is 0 Å². The Morgan fingerprint density at radius 1 is 0.840 bits per heavy atom. The molecule has 1 nitrogen and oxygen atoms in total. The molecule has 25 heavy (non-hydrogen) atoms. The van der Waals surface area contributed by atoms with Crippen LogP contribution in [0.15, 0.2) is 46.2 Å². The normalized spacial score (nSPS) is 14.3. The number of hydrogen-bond acceptors (Lipinski definition) is 2. The van der Waals surface area contributed by atoms with E-state index in [0.29, 0.717) is 0 Å². The second kappa shape index (κ2) is 6.39. The highest BCUT2D eigenvalue weighted by atomic mass is 32.2. The summed E-state index contributed by atoms with van der Waals surface area (Å²) >= 11 is 1.92. The fraction of sp³-hybridized carbons (Fsp3) is 0.478. The summed E-state index contributed by atoms with van der Waals surface area (Å²) in [4.78, 5) is 5.08. The number of fused-ring (bicyclic) bond motifs is 2. The lowest BCUT2D eigenvalue weighted by molar-refractivity contribution is 0.472. The van der Waals surface area contributed by atoms with Crippen molar-refractivity contribution in [2.24, 2.45) is 0 Å². The molecule has 2 aromatic carbocycles. The van der Waals surface area contributed by atoms with Crippen LogP contribution in [0.5, 0.6) is 0 Å². The molecule has 0 saturated carbocycles. The molecule has 1 heterocycles. The number of rotatable bonds is 3. The molecule has 2 aromatic rings. The van der Waals surface area contributed by atoms with Crippen molar-refractivity contribution in [1.29, 1.82) is 0 Å². The maximum absolute atomic E-state index is 2.42. The molecule has 2 heteroatoms. The van der Waals surface area contributed by atoms with Crippen molar-refractivity contribution in [2.75, 3.05) is 11.9 Å². The van der Waals surface area contributed by atoms with E-state index in [1.165, 1.54) is 45.1 Å². The minimum atomic E-state index is 0.180. The van der Waals surface area contributed by atoms with E-state index in [1.54, 1.807) is 0 Å². The smallest absolute Gasteiger partial charge is 0.0550 e. The zero-order chi connectivity index (χ0) is 18.4. The van der Waals surface area contributed by atoms with Crippen LogP contribution < -0.4 is 4.90 Å². The maximum atomic E-state index is 2.42. The summed E-state index contributed by atoms with van der Waals surface area (Å²) in [5.74, 6) is 0. The molecule has 0 spiro atoms. The van der Waals surface area contributed by atoms with Crippen molar-refractivity contribution in [3.8, 4) is 0 Å². The molecular weight excluding hydrogens is 322 g/mol. The highest BCUT2D eigenvalue weighted by Crippen LogP contribution is 2.49. The Morgan fingerprint density at radius 2 is 1.36 bits per heavy atom. The monoisotopic (exact) mass is 353 g/mol. The molecule has 0 saturated heterocycles. The highest BCUT2D eigenvalue weighted by Gasteiger charge is 2.26. The van der Waals surface area contributed by atoms with Crippen LogP contribution in [0.4, 0.5) is 11.4 Å². The lowest BCUT2D eigenvalue weighted by Gasteiger charge is -2.33. The number of nitrogens with zero attached hydrogens (tertiary/aromatic N) is 1. The summed E-state index contributed by atoms with van der Waals surface area (Å²) in [6.45, 7) is 13.8. The minimum absolute atomic E-state index is 0.180. The quantitative estimate of drug-likeness (QED) is 0.569. The van der Waals surface area contributed by atoms with Crippen LogP contribution in [-0.2, 0) is 10.8 Å². The molecule has 0 atom stereocenters. The Labute approximate surface area is 157 Å². The van der Waals surface area contributed by atoms with Gasteiger partial charge in [-0.2, -0.15) is 0 Å². The fourth-order valence-electron chi connectivity index (χ4n) is 3.65. The maximum Gasteiger partial charge on any atom is 0.0550 e. The molecule has 134 valence electrons. The fourth-order valence-corrected chi connectivity index (χ4v) is 4.88. The van der Waals surface area contributed by atoms with Crippen LogP contribution in [0, 0.1) is 0 Å². The standard InChI is InChI=1S/C23H31NS/c1-8-13-23(5,6)17-10-12-19-21(15-17)25-20-14-16(22(2,3)4)9-11-18(20)24(19)7/h9-12,14-15H,8,13H2,1-7H3. The number of benzene rings is 2. The predicted molar refractivity (Wildman–Crippen MR) is 112 cm³/mol. The van der Waals surface area contributed by atoms with Crippen molar-refractivity contribution in [3.63, 3.8) is 0 Å². The van der Waals surface area contributed by atoms with Crippen LogP contribution in [0.25, 0.3) is 0 Å². The molecular formula is C23H31NS. The molecule has 0 aromatic heterocycles. The van der Waals surface area contributed by atoms with Crippen molar-refractivity contribution in [2.45, 2.75) is 75.0 Å². The Balaban J connectivity index is 2.03. The Morgan fingerprint density at radius 3 is 1.88 bits per heavy atom. The lowest BCUT2D eigenvalue weighted by atomic mass is 9.80. The zero-order valence-electron chi connectivity index (χ0n) is 16.7. The molecule has 0 amide bonds. The first-order valence-electron chi connectivity index (χ1n) is 9.34. The van der Waals surface area contributed by atoms with E-state index in [1.807, 2.05) is 11.8 Å².